The molecule has 4 rings (SSSR count). The minimum atomic E-state index is -0.734. The van der Waals surface area contributed by atoms with Gasteiger partial charge in [0.15, 0.2) is 0 Å². The number of hydrogen-bond acceptors (Lipinski definition) is 4. The number of amides is 2. The fraction of sp³-hybridized carbons (Fsp3) is 0.240. The Labute approximate surface area is 182 Å². The van der Waals surface area contributed by atoms with Gasteiger partial charge in [-0.1, -0.05) is 36.4 Å². The number of carbonyl (C=O) groups excluding carboxylic acids is 2. The topological polar surface area (TPSA) is 62.7 Å². The summed E-state index contributed by atoms with van der Waals surface area (Å²) in [6.07, 6.45) is 3.40. The second-order valence-electron chi connectivity index (χ2n) is 7.78. The van der Waals surface area contributed by atoms with Crippen LogP contribution in [-0.4, -0.2) is 34.3 Å². The van der Waals surface area contributed by atoms with Crippen molar-refractivity contribution in [2.75, 3.05) is 11.4 Å². The third-order valence-corrected chi connectivity index (χ3v) is 5.14. The van der Waals surface area contributed by atoms with E-state index in [-0.39, 0.29) is 24.5 Å². The van der Waals surface area contributed by atoms with Crippen molar-refractivity contribution < 1.29 is 14.3 Å². The van der Waals surface area contributed by atoms with Crippen molar-refractivity contribution in [3.63, 3.8) is 0 Å². The summed E-state index contributed by atoms with van der Waals surface area (Å²) in [5.41, 5.74) is 2.34. The number of ether oxygens (including phenoxy) is 1. The van der Waals surface area contributed by atoms with Crippen molar-refractivity contribution >= 4 is 17.5 Å². The van der Waals surface area contributed by atoms with E-state index in [2.05, 4.69) is 4.98 Å². The standard InChI is InChI=1S/C25H25N3O3/c1-18(2)31-22-12-10-19(11-13-22)16-28-23(29)17-27(21-8-4-3-5-9-21)25(30)24(28)20-7-6-14-26-15-20/h3-15,18,24H,16-17H2,1-2H3. The molecule has 2 heterocycles. The summed E-state index contributed by atoms with van der Waals surface area (Å²) in [4.78, 5) is 34.1. The lowest BCUT2D eigenvalue weighted by Gasteiger charge is -2.40. The van der Waals surface area contributed by atoms with Crippen molar-refractivity contribution in [2.24, 2.45) is 0 Å². The van der Waals surface area contributed by atoms with Gasteiger partial charge in [0.25, 0.3) is 5.91 Å². The molecule has 6 heteroatoms. The zero-order chi connectivity index (χ0) is 21.8. The molecule has 0 saturated carbocycles. The zero-order valence-electron chi connectivity index (χ0n) is 17.6. The summed E-state index contributed by atoms with van der Waals surface area (Å²) < 4.78 is 5.70. The molecule has 1 atom stereocenters. The van der Waals surface area contributed by atoms with Gasteiger partial charge in [-0.15, -0.1) is 0 Å². The molecule has 0 aliphatic carbocycles. The molecule has 2 aromatic carbocycles. The Bertz CT molecular complexity index is 1040. The van der Waals surface area contributed by atoms with Crippen LogP contribution in [0.1, 0.15) is 31.0 Å². The molecule has 1 aliphatic rings. The summed E-state index contributed by atoms with van der Waals surface area (Å²) in [5, 5.41) is 0. The Morgan fingerprint density at radius 2 is 1.74 bits per heavy atom. The SMILES string of the molecule is CC(C)Oc1ccc(CN2C(=O)CN(c3ccccc3)C(=O)C2c2cccnc2)cc1. The first-order valence-corrected chi connectivity index (χ1v) is 10.3. The number of nitrogens with zero attached hydrogens (tertiary/aromatic N) is 3. The van der Waals surface area contributed by atoms with Crippen LogP contribution in [0.3, 0.4) is 0 Å². The molecular formula is C25H25N3O3. The van der Waals surface area contributed by atoms with E-state index in [0.717, 1.165) is 11.3 Å². The van der Waals surface area contributed by atoms with Crippen molar-refractivity contribution in [3.8, 4) is 5.75 Å². The van der Waals surface area contributed by atoms with Crippen LogP contribution in [-0.2, 0) is 16.1 Å². The lowest BCUT2D eigenvalue weighted by Crippen LogP contribution is -2.55. The number of hydrogen-bond donors (Lipinski definition) is 0. The fourth-order valence-corrected chi connectivity index (χ4v) is 3.74. The third-order valence-electron chi connectivity index (χ3n) is 5.14. The molecule has 0 radical (unpaired) electrons. The quantitative estimate of drug-likeness (QED) is 0.611. The number of pyridine rings is 1. The van der Waals surface area contributed by atoms with Crippen molar-refractivity contribution in [3.05, 3.63) is 90.3 Å². The Morgan fingerprint density at radius 1 is 1.00 bits per heavy atom. The van der Waals surface area contributed by atoms with E-state index >= 15 is 0 Å². The van der Waals surface area contributed by atoms with Gasteiger partial charge in [0.05, 0.1) is 6.10 Å². The van der Waals surface area contributed by atoms with Crippen LogP contribution in [0.4, 0.5) is 5.69 Å². The molecule has 0 spiro atoms. The van der Waals surface area contributed by atoms with E-state index in [1.807, 2.05) is 74.5 Å². The number of para-hydroxylation sites is 1. The van der Waals surface area contributed by atoms with Gasteiger partial charge in [-0.05, 0) is 49.7 Å². The minimum absolute atomic E-state index is 0.00809. The lowest BCUT2D eigenvalue weighted by molar-refractivity contribution is -0.144. The highest BCUT2D eigenvalue weighted by Gasteiger charge is 2.41. The predicted molar refractivity (Wildman–Crippen MR) is 119 cm³/mol. The average molecular weight is 415 g/mol. The Balaban J connectivity index is 1.64. The zero-order valence-corrected chi connectivity index (χ0v) is 17.6. The maximum atomic E-state index is 13.5. The molecule has 1 fully saturated rings. The van der Waals surface area contributed by atoms with E-state index in [0.29, 0.717) is 17.8 Å². The molecule has 6 nitrogen and oxygen atoms in total. The van der Waals surface area contributed by atoms with Gasteiger partial charge in [0, 0.05) is 30.2 Å². The molecule has 1 saturated heterocycles. The monoisotopic (exact) mass is 415 g/mol. The van der Waals surface area contributed by atoms with Gasteiger partial charge in [-0.25, -0.2) is 0 Å². The van der Waals surface area contributed by atoms with Crippen LogP contribution in [0.2, 0.25) is 0 Å². The molecule has 0 N–H and O–H groups in total. The van der Waals surface area contributed by atoms with Gasteiger partial charge in [-0.3, -0.25) is 14.6 Å². The van der Waals surface area contributed by atoms with E-state index < -0.39 is 6.04 Å². The van der Waals surface area contributed by atoms with E-state index in [9.17, 15) is 9.59 Å². The largest absolute Gasteiger partial charge is 0.491 e. The normalized spacial score (nSPS) is 16.7. The number of anilines is 1. The van der Waals surface area contributed by atoms with Crippen molar-refractivity contribution in [2.45, 2.75) is 32.5 Å². The lowest BCUT2D eigenvalue weighted by atomic mass is 10.0. The molecule has 1 unspecified atom stereocenters. The van der Waals surface area contributed by atoms with Crippen LogP contribution in [0.25, 0.3) is 0 Å². The van der Waals surface area contributed by atoms with Crippen LogP contribution in [0, 0.1) is 0 Å². The Morgan fingerprint density at radius 3 is 2.39 bits per heavy atom. The molecule has 0 bridgehead atoms. The third kappa shape index (κ3) is 4.58. The van der Waals surface area contributed by atoms with E-state index in [4.69, 9.17) is 4.74 Å². The van der Waals surface area contributed by atoms with E-state index in [1.54, 1.807) is 28.3 Å². The first-order valence-electron chi connectivity index (χ1n) is 10.3. The highest BCUT2D eigenvalue weighted by molar-refractivity contribution is 6.06. The van der Waals surface area contributed by atoms with Crippen LogP contribution in [0.15, 0.2) is 79.1 Å². The molecular weight excluding hydrogens is 390 g/mol. The number of piperazine rings is 1. The maximum absolute atomic E-state index is 13.5. The van der Waals surface area contributed by atoms with Gasteiger partial charge < -0.3 is 14.5 Å². The molecule has 31 heavy (non-hydrogen) atoms. The number of rotatable bonds is 6. The summed E-state index contributed by atoms with van der Waals surface area (Å²) in [5.74, 6) is 0.525. The molecule has 1 aliphatic heterocycles. The first kappa shape index (κ1) is 20.6. The van der Waals surface area contributed by atoms with Crippen molar-refractivity contribution in [1.82, 2.24) is 9.88 Å². The van der Waals surface area contributed by atoms with Gasteiger partial charge in [-0.2, -0.15) is 0 Å². The fourth-order valence-electron chi connectivity index (χ4n) is 3.74. The molecule has 2 amide bonds. The number of benzene rings is 2. The summed E-state index contributed by atoms with van der Waals surface area (Å²) in [6, 6.07) is 19.8. The van der Waals surface area contributed by atoms with Gasteiger partial charge >= 0.3 is 0 Å². The van der Waals surface area contributed by atoms with Gasteiger partial charge in [0.1, 0.15) is 18.3 Å². The minimum Gasteiger partial charge on any atom is -0.491 e. The molecule has 1 aromatic heterocycles. The molecule has 3 aromatic rings. The van der Waals surface area contributed by atoms with E-state index in [1.165, 1.54) is 0 Å². The highest BCUT2D eigenvalue weighted by Crippen LogP contribution is 2.31. The first-order chi connectivity index (χ1) is 15.0. The predicted octanol–water partition coefficient (Wildman–Crippen LogP) is 3.99. The smallest absolute Gasteiger partial charge is 0.254 e. The van der Waals surface area contributed by atoms with Gasteiger partial charge in [0.2, 0.25) is 5.91 Å². The Kier molecular flexibility index (Phi) is 5.98. The van der Waals surface area contributed by atoms with Crippen LogP contribution < -0.4 is 9.64 Å². The average Bonchev–Trinajstić information content (AvgIpc) is 2.78. The summed E-state index contributed by atoms with van der Waals surface area (Å²) in [7, 11) is 0. The Hall–Kier alpha value is -3.67. The molecule has 158 valence electrons. The van der Waals surface area contributed by atoms with Crippen molar-refractivity contribution in [1.29, 1.82) is 0 Å². The number of aromatic nitrogens is 1. The summed E-state index contributed by atoms with van der Waals surface area (Å²) in [6.45, 7) is 4.29. The maximum Gasteiger partial charge on any atom is 0.254 e. The second kappa shape index (κ2) is 9.00. The summed E-state index contributed by atoms with van der Waals surface area (Å²) >= 11 is 0. The van der Waals surface area contributed by atoms with Crippen LogP contribution >= 0.6 is 0 Å². The second-order valence-corrected chi connectivity index (χ2v) is 7.78. The van der Waals surface area contributed by atoms with Crippen LogP contribution in [0.5, 0.6) is 5.75 Å². The highest BCUT2D eigenvalue weighted by atomic mass is 16.5. The number of carbonyl (C=O) groups is 2.